The van der Waals surface area contributed by atoms with Crippen molar-refractivity contribution >= 4 is 21.4 Å². The second-order valence-corrected chi connectivity index (χ2v) is 7.02. The van der Waals surface area contributed by atoms with Crippen LogP contribution in [0, 0.1) is 0 Å². The van der Waals surface area contributed by atoms with Crippen molar-refractivity contribution in [3.63, 3.8) is 0 Å². The van der Waals surface area contributed by atoms with E-state index in [2.05, 4.69) is 9.62 Å². The summed E-state index contributed by atoms with van der Waals surface area (Å²) in [6.07, 6.45) is 0. The number of benzene rings is 2. The molecule has 0 amide bonds. The zero-order valence-corrected chi connectivity index (χ0v) is 14.3. The molecule has 1 heterocycles. The minimum Gasteiger partial charge on any atom is -0.495 e. The fourth-order valence-electron chi connectivity index (χ4n) is 2.68. The predicted molar refractivity (Wildman–Crippen MR) is 93.3 cm³/mol. The minimum atomic E-state index is -3.75. The number of hydrogen-bond donors (Lipinski definition) is 1. The average molecular weight is 348 g/mol. The van der Waals surface area contributed by atoms with E-state index >= 15 is 0 Å². The lowest BCUT2D eigenvalue weighted by Gasteiger charge is -2.30. The molecule has 2 aromatic rings. The zero-order valence-electron chi connectivity index (χ0n) is 13.4. The molecule has 3 rings (SSSR count). The Morgan fingerprint density at radius 3 is 2.46 bits per heavy atom. The number of nitrogens with zero attached hydrogens (tertiary/aromatic N) is 1. The van der Waals surface area contributed by atoms with Crippen LogP contribution in [0.4, 0.5) is 11.4 Å². The first-order valence-electron chi connectivity index (χ1n) is 7.69. The number of nitrogens with one attached hydrogen (secondary N) is 1. The summed E-state index contributed by atoms with van der Waals surface area (Å²) >= 11 is 0. The Kier molecular flexibility index (Phi) is 4.92. The molecule has 0 radical (unpaired) electrons. The molecule has 0 saturated carbocycles. The van der Waals surface area contributed by atoms with E-state index in [-0.39, 0.29) is 4.90 Å². The number of ether oxygens (including phenoxy) is 2. The number of anilines is 2. The van der Waals surface area contributed by atoms with Gasteiger partial charge in [0.05, 0.1) is 31.7 Å². The fraction of sp³-hybridized carbons (Fsp3) is 0.294. The fourth-order valence-corrected chi connectivity index (χ4v) is 3.93. The Bertz CT molecular complexity index is 802. The van der Waals surface area contributed by atoms with Gasteiger partial charge in [-0.05, 0) is 24.3 Å². The molecule has 128 valence electrons. The Morgan fingerprint density at radius 2 is 1.71 bits per heavy atom. The van der Waals surface area contributed by atoms with Gasteiger partial charge in [-0.25, -0.2) is 8.42 Å². The molecule has 0 aromatic heterocycles. The summed E-state index contributed by atoms with van der Waals surface area (Å²) < 4.78 is 38.8. The van der Waals surface area contributed by atoms with E-state index in [1.54, 1.807) is 24.3 Å². The van der Waals surface area contributed by atoms with Crippen molar-refractivity contribution in [3.8, 4) is 5.75 Å². The van der Waals surface area contributed by atoms with Crippen LogP contribution in [0.25, 0.3) is 0 Å². The van der Waals surface area contributed by atoms with Crippen LogP contribution in [0.2, 0.25) is 0 Å². The van der Waals surface area contributed by atoms with E-state index in [9.17, 15) is 8.42 Å². The molecule has 1 saturated heterocycles. The maximum absolute atomic E-state index is 12.8. The molecule has 1 fully saturated rings. The van der Waals surface area contributed by atoms with Gasteiger partial charge in [-0.2, -0.15) is 0 Å². The van der Waals surface area contributed by atoms with Crippen LogP contribution < -0.4 is 14.4 Å². The standard InChI is InChI=1S/C17H20N2O4S/c1-22-16-8-4-5-9-17(16)24(20,21)18-14-6-2-3-7-15(14)19-10-12-23-13-11-19/h2-9,18H,10-13H2,1H3. The number of sulfonamides is 1. The predicted octanol–water partition coefficient (Wildman–Crippen LogP) is 2.33. The third kappa shape index (κ3) is 3.47. The Morgan fingerprint density at radius 1 is 1.04 bits per heavy atom. The second kappa shape index (κ2) is 7.11. The van der Waals surface area contributed by atoms with Crippen molar-refractivity contribution in [2.24, 2.45) is 0 Å². The third-order valence-corrected chi connectivity index (χ3v) is 5.26. The van der Waals surface area contributed by atoms with Crippen LogP contribution in [0.15, 0.2) is 53.4 Å². The van der Waals surface area contributed by atoms with Crippen LogP contribution in [-0.2, 0) is 14.8 Å². The summed E-state index contributed by atoms with van der Waals surface area (Å²) in [5.41, 5.74) is 1.39. The lowest BCUT2D eigenvalue weighted by Crippen LogP contribution is -2.36. The molecular formula is C17H20N2O4S. The molecule has 1 N–H and O–H groups in total. The van der Waals surface area contributed by atoms with Crippen LogP contribution in [-0.4, -0.2) is 41.8 Å². The van der Waals surface area contributed by atoms with Gasteiger partial charge in [0, 0.05) is 13.1 Å². The SMILES string of the molecule is COc1ccccc1S(=O)(=O)Nc1ccccc1N1CCOCC1. The molecule has 0 bridgehead atoms. The monoisotopic (exact) mass is 348 g/mol. The van der Waals surface area contributed by atoms with E-state index in [0.717, 1.165) is 18.8 Å². The maximum atomic E-state index is 12.8. The van der Waals surface area contributed by atoms with Crippen LogP contribution in [0.5, 0.6) is 5.75 Å². The first-order chi connectivity index (χ1) is 11.6. The van der Waals surface area contributed by atoms with Crippen LogP contribution in [0.1, 0.15) is 0 Å². The molecule has 24 heavy (non-hydrogen) atoms. The van der Waals surface area contributed by atoms with Crippen molar-refractivity contribution in [1.29, 1.82) is 0 Å². The summed E-state index contributed by atoms with van der Waals surface area (Å²) in [5, 5.41) is 0. The molecule has 6 nitrogen and oxygen atoms in total. The van der Waals surface area contributed by atoms with Gasteiger partial charge in [0.1, 0.15) is 10.6 Å². The van der Waals surface area contributed by atoms with Gasteiger partial charge in [0.2, 0.25) is 0 Å². The summed E-state index contributed by atoms with van der Waals surface area (Å²) in [6.45, 7) is 2.72. The topological polar surface area (TPSA) is 67.9 Å². The van der Waals surface area contributed by atoms with Crippen molar-refractivity contribution in [2.45, 2.75) is 4.90 Å². The van der Waals surface area contributed by atoms with Crippen molar-refractivity contribution in [3.05, 3.63) is 48.5 Å². The molecule has 0 aliphatic carbocycles. The van der Waals surface area contributed by atoms with Crippen molar-refractivity contribution < 1.29 is 17.9 Å². The zero-order chi connectivity index (χ0) is 17.0. The Labute approximate surface area is 142 Å². The molecule has 1 aliphatic rings. The lowest BCUT2D eigenvalue weighted by molar-refractivity contribution is 0.123. The highest BCUT2D eigenvalue weighted by Crippen LogP contribution is 2.30. The van der Waals surface area contributed by atoms with Crippen LogP contribution >= 0.6 is 0 Å². The number of rotatable bonds is 5. The highest BCUT2D eigenvalue weighted by atomic mass is 32.2. The molecule has 7 heteroatoms. The Balaban J connectivity index is 1.93. The van der Waals surface area contributed by atoms with Gasteiger partial charge < -0.3 is 14.4 Å². The quantitative estimate of drug-likeness (QED) is 0.898. The van der Waals surface area contributed by atoms with Crippen molar-refractivity contribution in [2.75, 3.05) is 43.0 Å². The van der Waals surface area contributed by atoms with Gasteiger partial charge in [0.25, 0.3) is 10.0 Å². The second-order valence-electron chi connectivity index (χ2n) is 5.37. The number of para-hydroxylation sites is 3. The lowest BCUT2D eigenvalue weighted by atomic mass is 10.2. The molecule has 2 aromatic carbocycles. The molecule has 0 spiro atoms. The first-order valence-corrected chi connectivity index (χ1v) is 9.18. The van der Waals surface area contributed by atoms with Crippen molar-refractivity contribution in [1.82, 2.24) is 0 Å². The summed E-state index contributed by atoms with van der Waals surface area (Å²) in [6, 6.07) is 13.9. The van der Waals surface area contributed by atoms with Gasteiger partial charge >= 0.3 is 0 Å². The van der Waals surface area contributed by atoms with Gasteiger partial charge in [-0.1, -0.05) is 24.3 Å². The normalized spacial score (nSPS) is 15.1. The van der Waals surface area contributed by atoms with E-state index in [0.29, 0.717) is 24.7 Å². The molecule has 1 aliphatic heterocycles. The maximum Gasteiger partial charge on any atom is 0.265 e. The number of methoxy groups -OCH3 is 1. The minimum absolute atomic E-state index is 0.115. The highest BCUT2D eigenvalue weighted by Gasteiger charge is 2.22. The molecule has 0 unspecified atom stereocenters. The Hall–Kier alpha value is -2.25. The third-order valence-electron chi connectivity index (χ3n) is 3.86. The van der Waals surface area contributed by atoms with Gasteiger partial charge in [-0.15, -0.1) is 0 Å². The highest BCUT2D eigenvalue weighted by molar-refractivity contribution is 7.92. The molecule has 0 atom stereocenters. The summed E-state index contributed by atoms with van der Waals surface area (Å²) in [4.78, 5) is 2.23. The first kappa shape index (κ1) is 16.6. The van der Waals surface area contributed by atoms with E-state index in [4.69, 9.17) is 9.47 Å². The summed E-state index contributed by atoms with van der Waals surface area (Å²) in [5.74, 6) is 0.314. The van der Waals surface area contributed by atoms with E-state index in [1.807, 2.05) is 18.2 Å². The van der Waals surface area contributed by atoms with E-state index < -0.39 is 10.0 Å². The molecular weight excluding hydrogens is 328 g/mol. The smallest absolute Gasteiger partial charge is 0.265 e. The number of morpholine rings is 1. The number of hydrogen-bond acceptors (Lipinski definition) is 5. The van der Waals surface area contributed by atoms with Crippen LogP contribution in [0.3, 0.4) is 0 Å². The summed E-state index contributed by atoms with van der Waals surface area (Å²) in [7, 11) is -2.30. The van der Waals surface area contributed by atoms with Gasteiger partial charge in [-0.3, -0.25) is 4.72 Å². The van der Waals surface area contributed by atoms with Gasteiger partial charge in [0.15, 0.2) is 0 Å². The largest absolute Gasteiger partial charge is 0.495 e. The van der Waals surface area contributed by atoms with E-state index in [1.165, 1.54) is 13.2 Å². The average Bonchev–Trinajstić information content (AvgIpc) is 2.62.